The second-order valence-electron chi connectivity index (χ2n) is 14.2. The molecule has 57 heavy (non-hydrogen) atoms. The number of hydrogen-bond donors (Lipinski definition) is 2. The monoisotopic (exact) mass is 842 g/mol. The number of nitrogens with one attached hydrogen (secondary N) is 2. The van der Waals surface area contributed by atoms with Crippen LogP contribution in [0.4, 0.5) is 17.1 Å². The van der Waals surface area contributed by atoms with Crippen LogP contribution in [0.3, 0.4) is 0 Å². The van der Waals surface area contributed by atoms with Gasteiger partial charge in [-0.05, 0) is 129 Å². The fraction of sp³-hybridized carbons (Fsp3) is 0.333. The van der Waals surface area contributed by atoms with Crippen LogP contribution in [0.5, 0.6) is 0 Å². The molecule has 12 nitrogen and oxygen atoms in total. The summed E-state index contributed by atoms with van der Waals surface area (Å²) in [6, 6.07) is 24.7. The summed E-state index contributed by atoms with van der Waals surface area (Å²) in [5, 5.41) is 28.1. The molecule has 0 spiro atoms. The van der Waals surface area contributed by atoms with Crippen molar-refractivity contribution in [2.45, 2.75) is 68.7 Å². The second kappa shape index (κ2) is 21.8. The van der Waals surface area contributed by atoms with E-state index in [1.54, 1.807) is 36.4 Å². The molecule has 1 saturated heterocycles. The SMILES string of the molecule is CN(C1CCC(C(=O)[O-])CC1)S(=O)(=O)c1cccc(C(=O)Nc2ccc(N3CCCCC3)cc2C(=O)Nc2ccc(CCc3ccc(C(=O)[O-])cc3)cc2)c1.[K+].[K+]. The summed E-state index contributed by atoms with van der Waals surface area (Å²) in [5.74, 6) is -3.94. The molecule has 0 radical (unpaired) electrons. The Labute approximate surface area is 419 Å². The summed E-state index contributed by atoms with van der Waals surface area (Å²) in [4.78, 5) is 52.0. The third kappa shape index (κ3) is 12.4. The fourth-order valence-corrected chi connectivity index (χ4v) is 8.72. The number of aryl methyl sites for hydroxylation is 2. The maximum absolute atomic E-state index is 13.9. The van der Waals surface area contributed by atoms with Gasteiger partial charge in [0.1, 0.15) is 0 Å². The van der Waals surface area contributed by atoms with E-state index in [4.69, 9.17) is 0 Å². The first-order valence-electron chi connectivity index (χ1n) is 18.6. The summed E-state index contributed by atoms with van der Waals surface area (Å²) >= 11 is 0. The van der Waals surface area contributed by atoms with Crippen molar-refractivity contribution < 1.29 is 141 Å². The smallest absolute Gasteiger partial charge is 0.550 e. The Morgan fingerprint density at radius 2 is 1.33 bits per heavy atom. The van der Waals surface area contributed by atoms with Gasteiger partial charge in [0.15, 0.2) is 0 Å². The summed E-state index contributed by atoms with van der Waals surface area (Å²) < 4.78 is 28.5. The van der Waals surface area contributed by atoms with Crippen LogP contribution in [0.1, 0.15) is 87.1 Å². The molecular formula is C42H44K2N4O8S. The molecular weight excluding hydrogens is 799 g/mol. The van der Waals surface area contributed by atoms with Crippen molar-refractivity contribution in [2.75, 3.05) is 35.7 Å². The number of nitrogens with zero attached hydrogens (tertiary/aromatic N) is 2. The van der Waals surface area contributed by atoms with Gasteiger partial charge in [-0.1, -0.05) is 42.5 Å². The molecule has 0 bridgehead atoms. The molecule has 2 aliphatic rings. The number of anilines is 3. The predicted octanol–water partition coefficient (Wildman–Crippen LogP) is -1.73. The third-order valence-corrected chi connectivity index (χ3v) is 12.5. The van der Waals surface area contributed by atoms with Gasteiger partial charge < -0.3 is 35.3 Å². The van der Waals surface area contributed by atoms with E-state index in [1.165, 1.54) is 47.8 Å². The Morgan fingerprint density at radius 1 is 0.719 bits per heavy atom. The number of amides is 2. The number of piperidine rings is 1. The van der Waals surface area contributed by atoms with Crippen LogP contribution in [0.15, 0.2) is 95.9 Å². The number of rotatable bonds is 13. The van der Waals surface area contributed by atoms with Gasteiger partial charge in [0, 0.05) is 49.1 Å². The molecule has 2 fully saturated rings. The Morgan fingerprint density at radius 3 is 1.93 bits per heavy atom. The topological polar surface area (TPSA) is 179 Å². The van der Waals surface area contributed by atoms with E-state index in [9.17, 15) is 37.8 Å². The van der Waals surface area contributed by atoms with E-state index in [1.807, 2.05) is 18.2 Å². The molecule has 1 aliphatic carbocycles. The molecule has 2 amide bonds. The Balaban J connectivity index is 0.00000360. The number of aliphatic carboxylic acids is 1. The van der Waals surface area contributed by atoms with Crippen molar-refractivity contribution in [3.63, 3.8) is 0 Å². The van der Waals surface area contributed by atoms with E-state index in [2.05, 4.69) is 15.5 Å². The Hall–Kier alpha value is -2.26. The number of carboxylic acid groups (broad SMARTS) is 2. The summed E-state index contributed by atoms with van der Waals surface area (Å²) in [5.41, 5.74) is 4.16. The number of benzene rings is 4. The van der Waals surface area contributed by atoms with Crippen LogP contribution < -0.4 is 129 Å². The molecule has 15 heteroatoms. The Kier molecular flexibility index (Phi) is 18.2. The van der Waals surface area contributed by atoms with Gasteiger partial charge >= 0.3 is 103 Å². The molecule has 2 N–H and O–H groups in total. The van der Waals surface area contributed by atoms with E-state index in [-0.39, 0.29) is 136 Å². The van der Waals surface area contributed by atoms with Crippen molar-refractivity contribution >= 4 is 50.8 Å². The summed E-state index contributed by atoms with van der Waals surface area (Å²) in [6.45, 7) is 1.70. The van der Waals surface area contributed by atoms with Crippen molar-refractivity contribution in [3.8, 4) is 0 Å². The average molecular weight is 843 g/mol. The van der Waals surface area contributed by atoms with Crippen molar-refractivity contribution in [2.24, 2.45) is 5.92 Å². The van der Waals surface area contributed by atoms with Gasteiger partial charge in [-0.2, -0.15) is 4.31 Å². The molecule has 0 aromatic heterocycles. The minimum absolute atomic E-state index is 0. The van der Waals surface area contributed by atoms with Crippen LogP contribution in [0, 0.1) is 5.92 Å². The second-order valence-corrected chi connectivity index (χ2v) is 16.2. The van der Waals surface area contributed by atoms with Gasteiger partial charge in [-0.25, -0.2) is 8.42 Å². The first kappa shape index (κ1) is 47.4. The zero-order valence-corrected chi connectivity index (χ0v) is 39.7. The van der Waals surface area contributed by atoms with Gasteiger partial charge in [0.05, 0.1) is 22.1 Å². The third-order valence-electron chi connectivity index (χ3n) is 10.6. The molecule has 288 valence electrons. The number of sulfonamides is 1. The number of carboxylic acids is 2. The summed E-state index contributed by atoms with van der Waals surface area (Å²) in [7, 11) is -2.54. The quantitative estimate of drug-likeness (QED) is 0.148. The van der Waals surface area contributed by atoms with E-state index in [0.29, 0.717) is 44.2 Å². The van der Waals surface area contributed by atoms with Crippen molar-refractivity contribution in [1.82, 2.24) is 4.31 Å². The van der Waals surface area contributed by atoms with E-state index < -0.39 is 39.7 Å². The molecule has 4 aromatic carbocycles. The van der Waals surface area contributed by atoms with Crippen LogP contribution >= 0.6 is 0 Å². The number of carbonyl (C=O) groups excluding carboxylic acids is 4. The first-order valence-corrected chi connectivity index (χ1v) is 20.0. The van der Waals surface area contributed by atoms with Crippen LogP contribution in [0.25, 0.3) is 0 Å². The van der Waals surface area contributed by atoms with Crippen molar-refractivity contribution in [3.05, 3.63) is 119 Å². The maximum atomic E-state index is 13.9. The Bertz CT molecular complexity index is 2150. The molecule has 0 unspecified atom stereocenters. The van der Waals surface area contributed by atoms with Gasteiger partial charge in [-0.3, -0.25) is 9.59 Å². The van der Waals surface area contributed by atoms with E-state index >= 15 is 0 Å². The molecule has 0 atom stereocenters. The number of aromatic carboxylic acids is 1. The largest absolute Gasteiger partial charge is 1.00 e. The predicted molar refractivity (Wildman–Crippen MR) is 205 cm³/mol. The molecule has 4 aromatic rings. The number of carbonyl (C=O) groups is 4. The zero-order valence-electron chi connectivity index (χ0n) is 32.7. The van der Waals surface area contributed by atoms with Gasteiger partial charge in [0.25, 0.3) is 11.8 Å². The van der Waals surface area contributed by atoms with Crippen LogP contribution in [-0.2, 0) is 27.7 Å². The van der Waals surface area contributed by atoms with Crippen LogP contribution in [-0.4, -0.2) is 62.7 Å². The molecule has 1 aliphatic heterocycles. The normalized spacial score (nSPS) is 16.8. The van der Waals surface area contributed by atoms with E-state index in [0.717, 1.165) is 49.2 Å². The van der Waals surface area contributed by atoms with Crippen LogP contribution in [0.2, 0.25) is 0 Å². The average Bonchev–Trinajstić information content (AvgIpc) is 3.21. The fourth-order valence-electron chi connectivity index (χ4n) is 7.26. The first-order chi connectivity index (χ1) is 26.4. The summed E-state index contributed by atoms with van der Waals surface area (Å²) in [6.07, 6.45) is 6.06. The van der Waals surface area contributed by atoms with Gasteiger partial charge in [-0.15, -0.1) is 0 Å². The molecule has 1 heterocycles. The van der Waals surface area contributed by atoms with Crippen molar-refractivity contribution in [1.29, 1.82) is 0 Å². The maximum Gasteiger partial charge on any atom is 1.00 e. The molecule has 1 saturated carbocycles. The molecule has 6 rings (SSSR count). The standard InChI is InChI=1S/C42H46N4O8S.2K/c1-45(34-20-16-31(17-21-34)42(51)52)55(53,54)36-7-5-6-32(26-36)39(47)44-38-23-22-35(46-24-3-2-4-25-46)27-37(38)40(48)43-33-18-12-29(13-19-33)9-8-28-10-14-30(15-11-28)41(49)50;;/h5-7,10-15,18-19,22-23,26-27,31,34H,2-4,8-9,16-17,20-21,24-25H2,1H3,(H,43,48)(H,44,47)(H,49,50)(H,51,52);;/q;2*+1/p-2. The minimum Gasteiger partial charge on any atom is -0.550 e. The zero-order chi connectivity index (χ0) is 39.1. The number of hydrogen-bond acceptors (Lipinski definition) is 9. The van der Waals surface area contributed by atoms with Gasteiger partial charge in [0.2, 0.25) is 10.0 Å². The minimum atomic E-state index is -4.01.